The molecular formula is C23H12F6N6O. The van der Waals surface area contributed by atoms with E-state index in [2.05, 4.69) is 25.4 Å². The monoisotopic (exact) mass is 502 g/mol. The number of fused-ring (bicyclic) bond motifs is 3. The van der Waals surface area contributed by atoms with Crippen LogP contribution in [0.15, 0.2) is 71.7 Å². The fraction of sp³-hybridized carbons (Fsp3) is 0.0870. The average molecular weight is 502 g/mol. The molecule has 0 atom stereocenters. The number of aromatic nitrogens is 5. The van der Waals surface area contributed by atoms with E-state index in [1.807, 2.05) is 0 Å². The minimum absolute atomic E-state index is 0.0135. The second-order valence-electron chi connectivity index (χ2n) is 7.59. The molecule has 0 aliphatic carbocycles. The normalized spacial score (nSPS) is 12.3. The minimum atomic E-state index is -5.03. The van der Waals surface area contributed by atoms with E-state index >= 15 is 0 Å². The molecule has 0 aliphatic heterocycles. The van der Waals surface area contributed by atoms with Crippen molar-refractivity contribution in [1.29, 1.82) is 0 Å². The van der Waals surface area contributed by atoms with Gasteiger partial charge >= 0.3 is 12.4 Å². The molecule has 1 N–H and O–H groups in total. The quantitative estimate of drug-likeness (QED) is 0.329. The van der Waals surface area contributed by atoms with Crippen LogP contribution in [0, 0.1) is 0 Å². The Balaban J connectivity index is 1.76. The molecule has 3 aromatic heterocycles. The number of hydrogen-bond acceptors (Lipinski definition) is 6. The Bertz CT molecular complexity index is 1650. The van der Waals surface area contributed by atoms with Gasteiger partial charge in [-0.15, -0.1) is 5.10 Å². The maximum absolute atomic E-state index is 13.4. The highest BCUT2D eigenvalue weighted by Gasteiger charge is 2.37. The van der Waals surface area contributed by atoms with Gasteiger partial charge in [0.05, 0.1) is 16.6 Å². The summed E-state index contributed by atoms with van der Waals surface area (Å²) in [5, 5.41) is 7.36. The fourth-order valence-electron chi connectivity index (χ4n) is 3.51. The zero-order valence-corrected chi connectivity index (χ0v) is 17.8. The summed E-state index contributed by atoms with van der Waals surface area (Å²) < 4.78 is 81.3. The van der Waals surface area contributed by atoms with Crippen LogP contribution >= 0.6 is 0 Å². The third kappa shape index (κ3) is 4.30. The first-order valence-corrected chi connectivity index (χ1v) is 10.2. The lowest BCUT2D eigenvalue weighted by Crippen LogP contribution is -2.12. The number of para-hydroxylation sites is 1. The van der Waals surface area contributed by atoms with Gasteiger partial charge in [0.15, 0.2) is 11.5 Å². The molecule has 0 spiro atoms. The molecule has 3 heterocycles. The van der Waals surface area contributed by atoms with Crippen LogP contribution in [0.5, 0.6) is 0 Å². The van der Waals surface area contributed by atoms with Crippen LogP contribution in [-0.2, 0) is 12.4 Å². The summed E-state index contributed by atoms with van der Waals surface area (Å²) in [6.07, 6.45) is -8.77. The predicted molar refractivity (Wildman–Crippen MR) is 118 cm³/mol. The van der Waals surface area contributed by atoms with E-state index in [9.17, 15) is 31.1 Å². The molecule has 0 unspecified atom stereocenters. The van der Waals surface area contributed by atoms with Crippen molar-refractivity contribution in [3.05, 3.63) is 88.3 Å². The van der Waals surface area contributed by atoms with Crippen molar-refractivity contribution < 1.29 is 26.3 Å². The zero-order valence-electron chi connectivity index (χ0n) is 17.8. The van der Waals surface area contributed by atoms with Crippen molar-refractivity contribution >= 4 is 28.2 Å². The summed E-state index contributed by atoms with van der Waals surface area (Å²) in [7, 11) is 0. The number of hydrogen-bond donors (Lipinski definition) is 1. The standard InChI is InChI=1S/C23H12F6N6O/c24-22(25,26)13-9-12(10-14(11-13)23(27,28)29)18-33-19-15-5-1-2-6-16(15)31-21(35(19)34-18)32-17-7-3-4-8-30-20(17)36/h1-11H,(H,30,31,32,36). The van der Waals surface area contributed by atoms with Gasteiger partial charge in [0.2, 0.25) is 5.95 Å². The molecule has 0 amide bonds. The van der Waals surface area contributed by atoms with Crippen molar-refractivity contribution in [2.75, 3.05) is 5.32 Å². The van der Waals surface area contributed by atoms with Crippen LogP contribution in [-0.4, -0.2) is 24.6 Å². The average Bonchev–Trinajstić information content (AvgIpc) is 3.18. The largest absolute Gasteiger partial charge is 0.416 e. The van der Waals surface area contributed by atoms with E-state index in [1.54, 1.807) is 30.3 Å². The first-order chi connectivity index (χ1) is 17.0. The number of halogens is 6. The van der Waals surface area contributed by atoms with Crippen molar-refractivity contribution in [2.24, 2.45) is 0 Å². The lowest BCUT2D eigenvalue weighted by Gasteiger charge is -2.13. The molecule has 0 radical (unpaired) electrons. The molecule has 5 rings (SSSR count). The number of rotatable bonds is 3. The Morgan fingerprint density at radius 3 is 2.17 bits per heavy atom. The van der Waals surface area contributed by atoms with E-state index < -0.39 is 40.4 Å². The summed E-state index contributed by atoms with van der Waals surface area (Å²) >= 11 is 0. The van der Waals surface area contributed by atoms with Crippen LogP contribution in [0.1, 0.15) is 11.1 Å². The van der Waals surface area contributed by atoms with Gasteiger partial charge < -0.3 is 5.32 Å². The van der Waals surface area contributed by atoms with Gasteiger partial charge in [0.25, 0.3) is 5.56 Å². The van der Waals surface area contributed by atoms with Gasteiger partial charge in [-0.05, 0) is 42.5 Å². The number of nitrogens with one attached hydrogen (secondary N) is 1. The van der Waals surface area contributed by atoms with Gasteiger partial charge in [-0.2, -0.15) is 30.9 Å². The minimum Gasteiger partial charge on any atom is -0.319 e. The molecule has 5 aromatic rings. The molecule has 182 valence electrons. The second kappa shape index (κ2) is 8.29. The molecule has 36 heavy (non-hydrogen) atoms. The maximum atomic E-state index is 13.4. The first kappa shape index (κ1) is 23.2. The fourth-order valence-corrected chi connectivity index (χ4v) is 3.51. The third-order valence-electron chi connectivity index (χ3n) is 5.15. The van der Waals surface area contributed by atoms with Gasteiger partial charge in [-0.1, -0.05) is 18.2 Å². The Hall–Kier alpha value is -4.55. The number of alkyl halides is 6. The molecular weight excluding hydrogens is 490 g/mol. The molecule has 7 nitrogen and oxygen atoms in total. The Morgan fingerprint density at radius 1 is 0.806 bits per heavy atom. The molecule has 13 heteroatoms. The Labute approximate surface area is 197 Å². The topological polar surface area (TPSA) is 85.1 Å². The van der Waals surface area contributed by atoms with Gasteiger partial charge in [0, 0.05) is 17.1 Å². The Morgan fingerprint density at radius 2 is 1.47 bits per heavy atom. The number of nitrogens with zero attached hydrogens (tertiary/aromatic N) is 5. The van der Waals surface area contributed by atoms with Crippen LogP contribution < -0.4 is 10.9 Å². The van der Waals surface area contributed by atoms with Crippen LogP contribution in [0.3, 0.4) is 0 Å². The lowest BCUT2D eigenvalue weighted by atomic mass is 10.0. The van der Waals surface area contributed by atoms with Crippen LogP contribution in [0.25, 0.3) is 27.9 Å². The number of benzene rings is 2. The molecule has 0 fully saturated rings. The first-order valence-electron chi connectivity index (χ1n) is 10.2. The summed E-state index contributed by atoms with van der Waals surface area (Å²) in [5.74, 6) is -0.442. The smallest absolute Gasteiger partial charge is 0.319 e. The van der Waals surface area contributed by atoms with E-state index in [4.69, 9.17) is 0 Å². The summed E-state index contributed by atoms with van der Waals surface area (Å²) in [6, 6.07) is 12.2. The number of anilines is 2. The molecule has 0 saturated carbocycles. The highest BCUT2D eigenvalue weighted by Crippen LogP contribution is 2.38. The van der Waals surface area contributed by atoms with E-state index in [0.29, 0.717) is 23.0 Å². The molecule has 0 bridgehead atoms. The second-order valence-corrected chi connectivity index (χ2v) is 7.59. The van der Waals surface area contributed by atoms with E-state index in [-0.39, 0.29) is 23.3 Å². The summed E-state index contributed by atoms with van der Waals surface area (Å²) in [4.78, 5) is 24.6. The molecule has 0 saturated heterocycles. The highest BCUT2D eigenvalue weighted by molar-refractivity contribution is 5.93. The SMILES string of the molecule is O=c1nccccc1Nc1nc2ccccc2c2nc(-c3cc(C(F)(F)F)cc(C(F)(F)F)c3)nn12. The third-order valence-corrected chi connectivity index (χ3v) is 5.15. The van der Waals surface area contributed by atoms with Gasteiger partial charge in [-0.25, -0.2) is 15.0 Å². The van der Waals surface area contributed by atoms with Gasteiger partial charge in [-0.3, -0.25) is 4.79 Å². The molecule has 0 aliphatic rings. The zero-order chi connectivity index (χ0) is 25.7. The van der Waals surface area contributed by atoms with Gasteiger partial charge in [0.1, 0.15) is 5.69 Å². The lowest BCUT2D eigenvalue weighted by molar-refractivity contribution is -0.143. The molecule has 2 aromatic carbocycles. The van der Waals surface area contributed by atoms with Crippen LogP contribution in [0.2, 0.25) is 0 Å². The van der Waals surface area contributed by atoms with Crippen molar-refractivity contribution in [1.82, 2.24) is 24.6 Å². The highest BCUT2D eigenvalue weighted by atomic mass is 19.4. The van der Waals surface area contributed by atoms with E-state index in [1.165, 1.54) is 18.3 Å². The summed E-state index contributed by atoms with van der Waals surface area (Å²) in [6.45, 7) is 0. The van der Waals surface area contributed by atoms with Crippen LogP contribution in [0.4, 0.5) is 38.0 Å². The Kier molecular flexibility index (Phi) is 5.34. The van der Waals surface area contributed by atoms with Crippen molar-refractivity contribution in [2.45, 2.75) is 12.4 Å². The van der Waals surface area contributed by atoms with Crippen molar-refractivity contribution in [3.63, 3.8) is 0 Å². The predicted octanol–water partition coefficient (Wildman–Crippen LogP) is 5.48. The van der Waals surface area contributed by atoms with Crippen molar-refractivity contribution in [3.8, 4) is 11.4 Å². The van der Waals surface area contributed by atoms with E-state index in [0.717, 1.165) is 4.52 Å². The summed E-state index contributed by atoms with van der Waals surface area (Å²) in [5.41, 5.74) is -3.60. The maximum Gasteiger partial charge on any atom is 0.416 e.